The number of carbonyl (C=O) groups is 9. The normalized spacial score (nSPS) is 14.4. The first kappa shape index (κ1) is 101. The molecule has 6 heterocycles. The molecule has 0 saturated heterocycles. The van der Waals surface area contributed by atoms with Crippen LogP contribution in [-0.2, 0) is 145 Å². The van der Waals surface area contributed by atoms with E-state index in [9.17, 15) is 66.0 Å². The smallest absolute Gasteiger partial charge is 0.424 e. The average molecular weight is 1850 g/mol. The molecule has 4 aromatic heterocycles. The van der Waals surface area contributed by atoms with Crippen LogP contribution in [0.1, 0.15) is 117 Å². The SMILES string of the molecule is CCc1c2c(nc3ccc(O)cc13)-c1cc3c(c(=O)n1C2)COC(=O)[C@@]3(CC)OC(=O)CCCN(C)C(=O)OCc1ccc(NC(=O)[C@H](C)NC(=O)[C@@H](NC(=O)CCOCCOCCOCCOCCOCCOCCOCCOCCNC(=O)[C@H](CS(=O)(=O)O)NC(=O)CCn2c(CN(C)N(C)C(=O)OCC3c4ccccc4-c4ccccc43)cc3cccnc32)C(C)C)cc1. The number of fused-ring (bicyclic) bond motifs is 9. The van der Waals surface area contributed by atoms with Crippen LogP contribution in [0.4, 0.5) is 15.3 Å². The number of phenolic OH excluding ortho intramolecular Hbond substituents is 1. The van der Waals surface area contributed by atoms with Crippen LogP contribution in [-0.4, -0.2) is 276 Å². The number of aromatic hydroxyl groups is 1. The van der Waals surface area contributed by atoms with Gasteiger partial charge in [-0.15, -0.1) is 0 Å². The van der Waals surface area contributed by atoms with Gasteiger partial charge in [-0.05, 0) is 120 Å². The number of ether oxygens (including phenoxy) is 12. The molecule has 712 valence electrons. The number of esters is 2. The van der Waals surface area contributed by atoms with Crippen molar-refractivity contribution in [1.82, 2.24) is 55.3 Å². The summed E-state index contributed by atoms with van der Waals surface area (Å²) in [5.41, 5.74) is 8.23. The molecule has 39 heteroatoms. The van der Waals surface area contributed by atoms with Crippen molar-refractivity contribution < 1.29 is 118 Å². The first-order valence-corrected chi connectivity index (χ1v) is 45.7. The minimum atomic E-state index is -4.71. The molecule has 38 nitrogen and oxygen atoms in total. The van der Waals surface area contributed by atoms with E-state index in [1.807, 2.05) is 60.0 Å². The van der Waals surface area contributed by atoms with Gasteiger partial charge in [-0.3, -0.25) is 38.1 Å². The fourth-order valence-corrected chi connectivity index (χ4v) is 16.2. The number of aromatic nitrogens is 4. The molecule has 2 aliphatic heterocycles. The van der Waals surface area contributed by atoms with Gasteiger partial charge in [-0.2, -0.15) is 8.42 Å². The number of hydrazine groups is 1. The van der Waals surface area contributed by atoms with Crippen LogP contribution in [0.5, 0.6) is 5.75 Å². The van der Waals surface area contributed by atoms with Crippen LogP contribution >= 0.6 is 0 Å². The maximum absolute atomic E-state index is 14.1. The fourth-order valence-electron chi connectivity index (χ4n) is 15.6. The average Bonchev–Trinajstić information content (AvgIpc) is 1.23. The zero-order valence-corrected chi connectivity index (χ0v) is 76.4. The standard InChI is InChI=1S/C93H118N12O26S/c1-9-67-72-52-66(106)27-28-77(72)99-84-73(67)55-105-79(84)53-76-75(89(105)113)58-128-90(114)93(76,10-2)131-82(109)22-16-33-101(6)91(115)129-56-62-23-25-64(26-24-62)97-86(110)61(5)96-88(112)83(60(3)4)100-81(108)30-35-120-37-39-122-41-43-124-45-47-126-49-50-127-48-46-125-44-42-123-40-38-121-36-32-95-87(111)78(59-132(117,118)119)98-80(107)29-34-104-65(51-63-17-15-31-94-85(63)104)54-102(7)103(8)92(116)130-57-74-70-20-13-11-18-68(70)69-19-12-14-21-71(69)74/h11-15,17-21,23-28,31,51-53,60-61,74,78,83,106H,9-10,16,22,29-30,32-50,54-59H2,1-8H3,(H,95,111)(H,96,112)(H,97,110)(H,98,107)(H,100,108)(H,117,118,119)/t61-,78-,83-,93-/m0/s1. The van der Waals surface area contributed by atoms with Crippen molar-refractivity contribution in [2.24, 2.45) is 5.92 Å². The number of hydrogen-bond donors (Lipinski definition) is 7. The molecule has 7 amide bonds. The van der Waals surface area contributed by atoms with Crippen molar-refractivity contribution in [1.29, 1.82) is 0 Å². The van der Waals surface area contributed by atoms with Crippen molar-refractivity contribution in [2.75, 3.05) is 158 Å². The van der Waals surface area contributed by atoms with Gasteiger partial charge in [-0.25, -0.2) is 34.4 Å². The van der Waals surface area contributed by atoms with Gasteiger partial charge in [0.05, 0.1) is 141 Å². The number of hydrogen-bond acceptors (Lipinski definition) is 28. The van der Waals surface area contributed by atoms with E-state index in [2.05, 4.69) is 43.7 Å². The molecule has 1 aliphatic carbocycles. The van der Waals surface area contributed by atoms with Crippen LogP contribution in [0.15, 0.2) is 126 Å². The number of benzene rings is 4. The number of nitrogens with zero attached hydrogens (tertiary/aromatic N) is 7. The van der Waals surface area contributed by atoms with E-state index in [1.54, 1.807) is 105 Å². The zero-order valence-electron chi connectivity index (χ0n) is 75.6. The van der Waals surface area contributed by atoms with Crippen molar-refractivity contribution in [2.45, 2.75) is 136 Å². The van der Waals surface area contributed by atoms with Gasteiger partial charge in [0.1, 0.15) is 55.1 Å². The molecule has 0 spiro atoms. The van der Waals surface area contributed by atoms with Crippen LogP contribution in [0, 0.1) is 5.92 Å². The van der Waals surface area contributed by atoms with Gasteiger partial charge in [0, 0.05) is 105 Å². The van der Waals surface area contributed by atoms with Crippen LogP contribution in [0.3, 0.4) is 0 Å². The quantitative estimate of drug-likeness (QED) is 0.00650. The molecule has 3 aliphatic rings. The summed E-state index contributed by atoms with van der Waals surface area (Å²) in [6, 6.07) is 31.2. The number of amides is 7. The van der Waals surface area contributed by atoms with Gasteiger partial charge in [-0.1, -0.05) is 88.4 Å². The second-order valence-electron chi connectivity index (χ2n) is 32.2. The summed E-state index contributed by atoms with van der Waals surface area (Å²) in [6.07, 6.45) is 0.681. The number of cyclic esters (lactones) is 1. The Kier molecular flexibility index (Phi) is 37.4. The largest absolute Gasteiger partial charge is 0.508 e. The number of aryl methyl sites for hydroxylation is 2. The van der Waals surface area contributed by atoms with Gasteiger partial charge in [0.2, 0.25) is 35.1 Å². The van der Waals surface area contributed by atoms with E-state index in [4.69, 9.17) is 61.8 Å². The molecule has 0 radical (unpaired) electrons. The molecule has 4 atom stereocenters. The second-order valence-corrected chi connectivity index (χ2v) is 33.7. The molecule has 0 fully saturated rings. The Labute approximate surface area is 764 Å². The topological polar surface area (TPSA) is 462 Å². The second kappa shape index (κ2) is 49.0. The van der Waals surface area contributed by atoms with Gasteiger partial charge < -0.3 is 103 Å². The van der Waals surface area contributed by atoms with E-state index in [1.165, 1.54) is 23.9 Å². The highest BCUT2D eigenvalue weighted by molar-refractivity contribution is 7.85. The third-order valence-corrected chi connectivity index (χ3v) is 23.4. The molecule has 4 aromatic carbocycles. The number of anilines is 1. The Morgan fingerprint density at radius 3 is 1.86 bits per heavy atom. The van der Waals surface area contributed by atoms with Crippen LogP contribution < -0.4 is 32.1 Å². The predicted molar refractivity (Wildman–Crippen MR) is 482 cm³/mol. The minimum Gasteiger partial charge on any atom is -0.508 e. The maximum Gasteiger partial charge on any atom is 0.424 e. The molecule has 7 N–H and O–H groups in total. The van der Waals surface area contributed by atoms with E-state index in [-0.39, 0.29) is 160 Å². The highest BCUT2D eigenvalue weighted by Crippen LogP contribution is 2.46. The van der Waals surface area contributed by atoms with E-state index in [0.717, 1.165) is 44.2 Å². The summed E-state index contributed by atoms with van der Waals surface area (Å²) >= 11 is 0. The van der Waals surface area contributed by atoms with Crippen LogP contribution in [0.25, 0.3) is 44.5 Å². The highest BCUT2D eigenvalue weighted by Gasteiger charge is 2.51. The first-order chi connectivity index (χ1) is 63.6. The lowest BCUT2D eigenvalue weighted by Crippen LogP contribution is -2.53. The maximum atomic E-state index is 14.1. The van der Waals surface area contributed by atoms with Gasteiger partial charge in [0.25, 0.3) is 15.7 Å². The van der Waals surface area contributed by atoms with Crippen LogP contribution in [0.2, 0.25) is 0 Å². The number of rotatable bonds is 54. The van der Waals surface area contributed by atoms with E-state index < -0.39 is 98.8 Å². The predicted octanol–water partition coefficient (Wildman–Crippen LogP) is 7.21. The summed E-state index contributed by atoms with van der Waals surface area (Å²) in [7, 11) is 0.125. The minimum absolute atomic E-state index is 0.0251. The summed E-state index contributed by atoms with van der Waals surface area (Å²) in [4.78, 5) is 145. The number of carbonyl (C=O) groups excluding carboxylic acids is 9. The van der Waals surface area contributed by atoms with Crippen molar-refractivity contribution in [3.8, 4) is 28.3 Å². The highest BCUT2D eigenvalue weighted by atomic mass is 32.2. The first-order valence-electron chi connectivity index (χ1n) is 44.1. The summed E-state index contributed by atoms with van der Waals surface area (Å²) in [6.45, 7) is 13.2. The summed E-state index contributed by atoms with van der Waals surface area (Å²) in [5, 5.41) is 28.0. The molecule has 132 heavy (non-hydrogen) atoms. The molecule has 0 bridgehead atoms. The zero-order chi connectivity index (χ0) is 94.4. The molecular weight excluding hydrogens is 1730 g/mol. The lowest BCUT2D eigenvalue weighted by molar-refractivity contribution is -0.189. The Bertz CT molecular complexity index is 5470. The molecule has 0 unspecified atom stereocenters. The molecule has 0 saturated carbocycles. The molecule has 11 rings (SSSR count). The van der Waals surface area contributed by atoms with Crippen molar-refractivity contribution >= 4 is 91.4 Å². The third-order valence-electron chi connectivity index (χ3n) is 22.6. The molecular formula is C93H118N12O26S. The Morgan fingerprint density at radius 1 is 0.652 bits per heavy atom. The Hall–Kier alpha value is -11.9. The van der Waals surface area contributed by atoms with Gasteiger partial charge in [0.15, 0.2) is 0 Å². The molecule has 8 aromatic rings. The summed E-state index contributed by atoms with van der Waals surface area (Å²) < 4.78 is 104. The fraction of sp³-hybridized carbons (Fsp3) is 0.484. The lowest BCUT2D eigenvalue weighted by atomic mass is 9.85. The van der Waals surface area contributed by atoms with Crippen molar-refractivity contribution in [3.63, 3.8) is 0 Å². The van der Waals surface area contributed by atoms with Crippen molar-refractivity contribution in [3.05, 3.63) is 176 Å². The van der Waals surface area contributed by atoms with Gasteiger partial charge >= 0.3 is 24.1 Å². The Morgan fingerprint density at radius 2 is 1.26 bits per heavy atom. The number of phenols is 1. The third kappa shape index (κ3) is 27.4. The number of pyridine rings is 3. The number of nitrogens with one attached hydrogen (secondary N) is 5. The van der Waals surface area contributed by atoms with E-state index >= 15 is 0 Å². The monoisotopic (exact) mass is 1850 g/mol. The van der Waals surface area contributed by atoms with E-state index in [0.29, 0.717) is 105 Å². The summed E-state index contributed by atoms with van der Waals surface area (Å²) in [5.74, 6) is -5.97. The Balaban J connectivity index is 0.458. The lowest BCUT2D eigenvalue weighted by Gasteiger charge is -2.35.